The summed E-state index contributed by atoms with van der Waals surface area (Å²) in [6, 6.07) is 2.19. The van der Waals surface area contributed by atoms with Crippen molar-refractivity contribution in [2.45, 2.75) is 51.5 Å². The molecule has 0 aliphatic carbocycles. The van der Waals surface area contributed by atoms with Crippen LogP contribution in [0.15, 0.2) is 30.6 Å². The minimum atomic E-state index is -1.60. The molecule has 2 aromatic heterocycles. The first kappa shape index (κ1) is 26.1. The number of rotatable bonds is 5. The summed E-state index contributed by atoms with van der Waals surface area (Å²) in [7, 11) is 1.24. The van der Waals surface area contributed by atoms with Crippen LogP contribution >= 0.6 is 0 Å². The van der Waals surface area contributed by atoms with Crippen molar-refractivity contribution in [1.82, 2.24) is 0 Å². The van der Waals surface area contributed by atoms with Gasteiger partial charge in [0.1, 0.15) is 6.10 Å². The monoisotopic (exact) mass is 546 g/mol. The summed E-state index contributed by atoms with van der Waals surface area (Å²) in [5.74, 6) is -3.52. The molecule has 1 aliphatic rings. The zero-order valence-electron chi connectivity index (χ0n) is 20.9. The van der Waals surface area contributed by atoms with Crippen molar-refractivity contribution in [3.63, 3.8) is 0 Å². The minimum absolute atomic E-state index is 0.0123. The lowest BCUT2D eigenvalue weighted by atomic mass is 9.99. The third-order valence-electron chi connectivity index (χ3n) is 6.33. The van der Waals surface area contributed by atoms with Gasteiger partial charge in [0.15, 0.2) is 28.8 Å². The van der Waals surface area contributed by atoms with Crippen LogP contribution in [0.1, 0.15) is 20.8 Å². The maximum atomic E-state index is 13.0. The van der Waals surface area contributed by atoms with Gasteiger partial charge < -0.3 is 47.8 Å². The highest BCUT2D eigenvalue weighted by atomic mass is 16.7. The van der Waals surface area contributed by atoms with Crippen LogP contribution in [-0.4, -0.2) is 65.1 Å². The largest absolute Gasteiger partial charge is 0.504 e. The lowest BCUT2D eigenvalue weighted by Gasteiger charge is -2.42. The molecule has 2 aromatic carbocycles. The van der Waals surface area contributed by atoms with Crippen LogP contribution in [0.25, 0.3) is 32.7 Å². The number of phenols is 2. The molecular formula is C25H22O14. The summed E-state index contributed by atoms with van der Waals surface area (Å²) < 4.78 is 37.7. The summed E-state index contributed by atoms with van der Waals surface area (Å²) in [5.41, 5.74) is -2.72. The molecule has 14 heteroatoms. The van der Waals surface area contributed by atoms with E-state index in [-0.39, 0.29) is 32.9 Å². The summed E-state index contributed by atoms with van der Waals surface area (Å²) in [4.78, 5) is 49.4. The molecule has 1 saturated heterocycles. The van der Waals surface area contributed by atoms with E-state index in [9.17, 15) is 34.5 Å². The number of ether oxygens (including phenoxy) is 5. The highest BCUT2D eigenvalue weighted by molar-refractivity contribution is 6.22. The number of hydrogen-bond acceptors (Lipinski definition) is 14. The van der Waals surface area contributed by atoms with Crippen LogP contribution in [0, 0.1) is 0 Å². The molecule has 1 aliphatic heterocycles. The Balaban J connectivity index is 1.75. The van der Waals surface area contributed by atoms with Gasteiger partial charge in [0, 0.05) is 24.6 Å². The van der Waals surface area contributed by atoms with Crippen molar-refractivity contribution in [3.8, 4) is 23.0 Å². The van der Waals surface area contributed by atoms with Crippen LogP contribution < -0.4 is 20.7 Å². The quantitative estimate of drug-likeness (QED) is 0.183. The average Bonchev–Trinajstić information content (AvgIpc) is 2.86. The lowest BCUT2D eigenvalue weighted by molar-refractivity contribution is -0.277. The number of aliphatic hydroxyl groups excluding tert-OH is 1. The summed E-state index contributed by atoms with van der Waals surface area (Å²) in [6.07, 6.45) is -6.99. The molecule has 206 valence electrons. The smallest absolute Gasteiger partial charge is 0.344 e. The van der Waals surface area contributed by atoms with Crippen molar-refractivity contribution >= 4 is 44.6 Å². The van der Waals surface area contributed by atoms with Gasteiger partial charge in [-0.15, -0.1) is 0 Å². The van der Waals surface area contributed by atoms with Gasteiger partial charge in [0.2, 0.25) is 23.9 Å². The van der Waals surface area contributed by atoms with Crippen LogP contribution in [0.3, 0.4) is 0 Å². The molecule has 3 N–H and O–H groups in total. The molecule has 14 nitrogen and oxygen atoms in total. The van der Waals surface area contributed by atoms with Gasteiger partial charge in [-0.25, -0.2) is 9.59 Å². The molecule has 0 saturated carbocycles. The third-order valence-corrected chi connectivity index (χ3v) is 6.33. The van der Waals surface area contributed by atoms with E-state index in [0.29, 0.717) is 0 Å². The van der Waals surface area contributed by atoms with E-state index >= 15 is 0 Å². The predicted molar refractivity (Wildman–Crippen MR) is 129 cm³/mol. The Morgan fingerprint density at radius 3 is 2.08 bits per heavy atom. The van der Waals surface area contributed by atoms with Gasteiger partial charge in [-0.2, -0.15) is 0 Å². The highest BCUT2D eigenvalue weighted by Gasteiger charge is 2.49. The second-order valence-corrected chi connectivity index (χ2v) is 8.90. The average molecular weight is 546 g/mol. The first-order valence-electron chi connectivity index (χ1n) is 11.6. The molecule has 1 fully saturated rings. The van der Waals surface area contributed by atoms with E-state index in [1.165, 1.54) is 20.1 Å². The highest BCUT2D eigenvalue weighted by Crippen LogP contribution is 2.46. The lowest BCUT2D eigenvalue weighted by Crippen LogP contribution is -2.60. The molecule has 5 rings (SSSR count). The second-order valence-electron chi connectivity index (χ2n) is 8.90. The number of benzene rings is 2. The Kier molecular flexibility index (Phi) is 6.23. The molecule has 5 unspecified atom stereocenters. The second kappa shape index (κ2) is 9.32. The van der Waals surface area contributed by atoms with Crippen molar-refractivity contribution in [1.29, 1.82) is 0 Å². The van der Waals surface area contributed by atoms with E-state index in [0.717, 1.165) is 19.9 Å². The molecule has 5 atom stereocenters. The van der Waals surface area contributed by atoms with Gasteiger partial charge in [0.05, 0.1) is 24.0 Å². The fourth-order valence-corrected chi connectivity index (χ4v) is 4.67. The van der Waals surface area contributed by atoms with Gasteiger partial charge in [0.25, 0.3) is 0 Å². The zero-order chi connectivity index (χ0) is 28.3. The van der Waals surface area contributed by atoms with Crippen LogP contribution in [-0.2, 0) is 23.8 Å². The molecule has 0 radical (unpaired) electrons. The van der Waals surface area contributed by atoms with Crippen LogP contribution in [0.2, 0.25) is 0 Å². The maximum absolute atomic E-state index is 13.0. The van der Waals surface area contributed by atoms with Crippen molar-refractivity contribution < 1.29 is 57.4 Å². The molecule has 39 heavy (non-hydrogen) atoms. The van der Waals surface area contributed by atoms with E-state index < -0.39 is 76.7 Å². The van der Waals surface area contributed by atoms with E-state index in [1.807, 2.05) is 0 Å². The Morgan fingerprint density at radius 2 is 1.46 bits per heavy atom. The molecule has 4 aromatic rings. The van der Waals surface area contributed by atoms with Crippen molar-refractivity contribution in [2.75, 3.05) is 7.11 Å². The first-order chi connectivity index (χ1) is 18.4. The minimum Gasteiger partial charge on any atom is -0.504 e. The van der Waals surface area contributed by atoms with Gasteiger partial charge in [-0.05, 0) is 19.1 Å². The van der Waals surface area contributed by atoms with Crippen molar-refractivity contribution in [3.05, 3.63) is 33.0 Å². The number of methoxy groups -OCH3 is 1. The Bertz CT molecular complexity index is 1730. The normalized spacial score (nSPS) is 23.3. The van der Waals surface area contributed by atoms with Gasteiger partial charge in [-0.3, -0.25) is 9.59 Å². The molecule has 0 spiro atoms. The number of aromatic hydroxyl groups is 2. The van der Waals surface area contributed by atoms with E-state index in [2.05, 4.69) is 0 Å². The van der Waals surface area contributed by atoms with Gasteiger partial charge in [-0.1, -0.05) is 0 Å². The SMILES string of the molecule is COc1cc2c(=O)oc3c(OC4OC(C)C(O)C(OC(C)=O)C4OC(C)=O)c(O)cc4c(=O)oc(c1O)c2c34. The molecule has 0 amide bonds. The van der Waals surface area contributed by atoms with Gasteiger partial charge >= 0.3 is 23.2 Å². The number of aliphatic hydroxyl groups is 1. The number of esters is 2. The molecule has 3 heterocycles. The standard InChI is InChI=1S/C25H22O14/c1-7-16(29)21(35-8(2)26)22(36-9(3)27)25(34-7)39-18-12(28)5-10-15-14-11(24(32)38-20(15)18)6-13(33-4)17(30)19(14)37-23(10)31/h5-7,16,21-22,25,28-30H,1-4H3. The Labute approximate surface area is 217 Å². The predicted octanol–water partition coefficient (Wildman–Crippen LogP) is 1.26. The Morgan fingerprint density at radius 1 is 0.897 bits per heavy atom. The summed E-state index contributed by atoms with van der Waals surface area (Å²) in [5, 5.41) is 31.6. The summed E-state index contributed by atoms with van der Waals surface area (Å²) in [6.45, 7) is 3.59. The van der Waals surface area contributed by atoms with E-state index in [1.54, 1.807) is 0 Å². The molecule has 0 bridgehead atoms. The topological polar surface area (TPSA) is 201 Å². The van der Waals surface area contributed by atoms with Crippen LogP contribution in [0.5, 0.6) is 23.0 Å². The fraction of sp³-hybridized carbons (Fsp3) is 0.360. The summed E-state index contributed by atoms with van der Waals surface area (Å²) >= 11 is 0. The number of phenolic OH excluding ortho intramolecular Hbond substituents is 2. The first-order valence-corrected chi connectivity index (χ1v) is 11.6. The molecular weight excluding hydrogens is 524 g/mol. The zero-order valence-corrected chi connectivity index (χ0v) is 20.9. The maximum Gasteiger partial charge on any atom is 0.344 e. The fourth-order valence-electron chi connectivity index (χ4n) is 4.67. The van der Waals surface area contributed by atoms with Crippen molar-refractivity contribution in [2.24, 2.45) is 0 Å². The number of carbonyl (C=O) groups excluding carboxylic acids is 2. The number of carbonyl (C=O) groups is 2. The Hall–Kier alpha value is -4.56. The van der Waals surface area contributed by atoms with E-state index in [4.69, 9.17) is 32.5 Å². The van der Waals surface area contributed by atoms with Crippen LogP contribution in [0.4, 0.5) is 0 Å². The third kappa shape index (κ3) is 4.13. The number of hydrogen-bond donors (Lipinski definition) is 3.